The second-order valence-corrected chi connectivity index (χ2v) is 5.68. The molecule has 3 aromatic rings. The minimum atomic E-state index is 0. The van der Waals surface area contributed by atoms with E-state index in [1.54, 1.807) is 0 Å². The first-order chi connectivity index (χ1) is 10.1. The molecule has 0 unspecified atom stereocenters. The van der Waals surface area contributed by atoms with E-state index in [1.165, 1.54) is 21.9 Å². The third-order valence-corrected chi connectivity index (χ3v) is 4.00. The van der Waals surface area contributed by atoms with Crippen molar-refractivity contribution in [2.24, 2.45) is 4.99 Å². The molecule has 0 spiro atoms. The summed E-state index contributed by atoms with van der Waals surface area (Å²) in [6.07, 6.45) is 1.88. The van der Waals surface area contributed by atoms with Crippen LogP contribution in [0.4, 0.5) is 5.69 Å². The van der Waals surface area contributed by atoms with Crippen molar-refractivity contribution in [1.82, 2.24) is 0 Å². The molecule has 0 aliphatic carbocycles. The third kappa shape index (κ3) is 3.39. The van der Waals surface area contributed by atoms with Gasteiger partial charge in [0, 0.05) is 23.6 Å². The van der Waals surface area contributed by atoms with Crippen molar-refractivity contribution in [3.8, 4) is 0 Å². The second kappa shape index (κ2) is 7.07. The van der Waals surface area contributed by atoms with Crippen LogP contribution < -0.4 is 0 Å². The third-order valence-electron chi connectivity index (χ3n) is 3.65. The van der Waals surface area contributed by atoms with E-state index in [-0.39, 0.29) is 17.4 Å². The maximum absolute atomic E-state index is 5.47. The molecule has 0 aromatic heterocycles. The number of para-hydroxylation sites is 1. The largest absolute Gasteiger partial charge is 0.779 e. The minimum Gasteiger partial charge on any atom is -0.779 e. The van der Waals surface area contributed by atoms with E-state index in [0.717, 1.165) is 16.1 Å². The molecule has 3 rings (SSSR count). The molecule has 3 heteroatoms. The summed E-state index contributed by atoms with van der Waals surface area (Å²) in [5.41, 5.74) is 4.38. The second-order valence-electron chi connectivity index (χ2n) is 5.24. The SMILES string of the molecule is Cc1cccc(C)c1N=Cc1cc2ccccc2cc1[S-].[Cr]. The Kier molecular flexibility index (Phi) is 5.37. The number of fused-ring (bicyclic) bond motifs is 1. The zero-order valence-electron chi connectivity index (χ0n) is 12.5. The maximum Gasteiger partial charge on any atom is 0.0688 e. The van der Waals surface area contributed by atoms with Crippen molar-refractivity contribution >= 4 is 35.3 Å². The summed E-state index contributed by atoms with van der Waals surface area (Å²) in [4.78, 5) is 5.49. The van der Waals surface area contributed by atoms with Gasteiger partial charge in [0.05, 0.1) is 5.69 Å². The Labute approximate surface area is 147 Å². The number of hydrogen-bond donors (Lipinski definition) is 0. The van der Waals surface area contributed by atoms with Crippen LogP contribution in [0.3, 0.4) is 0 Å². The van der Waals surface area contributed by atoms with Crippen LogP contribution in [0, 0.1) is 13.8 Å². The molecule has 22 heavy (non-hydrogen) atoms. The molecule has 0 radical (unpaired) electrons. The summed E-state index contributed by atoms with van der Waals surface area (Å²) in [5, 5.41) is 2.36. The van der Waals surface area contributed by atoms with Crippen LogP contribution in [0.5, 0.6) is 0 Å². The number of aliphatic imine (C=N–C) groups is 1. The van der Waals surface area contributed by atoms with Crippen LogP contribution in [0.25, 0.3) is 10.8 Å². The number of aryl methyl sites for hydroxylation is 2. The molecule has 0 N–H and O–H groups in total. The standard InChI is InChI=1S/C19H17NS.Cr/c1-13-6-5-7-14(2)19(13)20-12-17-10-15-8-3-4-9-16(15)11-18(17)21;/h3-12,21H,1-2H3;/p-1. The van der Waals surface area contributed by atoms with Gasteiger partial charge in [0.25, 0.3) is 0 Å². The predicted octanol–water partition coefficient (Wildman–Crippen LogP) is 5.11. The van der Waals surface area contributed by atoms with E-state index in [2.05, 4.69) is 55.2 Å². The van der Waals surface area contributed by atoms with E-state index in [1.807, 2.05) is 24.4 Å². The van der Waals surface area contributed by atoms with Crippen LogP contribution in [-0.4, -0.2) is 6.21 Å². The van der Waals surface area contributed by atoms with E-state index >= 15 is 0 Å². The monoisotopic (exact) mass is 342 g/mol. The molecule has 0 saturated heterocycles. The Hall–Kier alpha value is -1.66. The fourth-order valence-electron chi connectivity index (χ4n) is 2.48. The summed E-state index contributed by atoms with van der Waals surface area (Å²) in [7, 11) is 0. The zero-order chi connectivity index (χ0) is 14.8. The Bertz CT molecular complexity index is 820. The molecule has 0 aliphatic rings. The van der Waals surface area contributed by atoms with Gasteiger partial charge in [0.15, 0.2) is 0 Å². The van der Waals surface area contributed by atoms with E-state index < -0.39 is 0 Å². The molecule has 0 aliphatic heterocycles. The normalized spacial score (nSPS) is 10.8. The molecule has 0 saturated carbocycles. The summed E-state index contributed by atoms with van der Waals surface area (Å²) < 4.78 is 0. The van der Waals surface area contributed by atoms with Crippen molar-refractivity contribution in [1.29, 1.82) is 0 Å². The Balaban J connectivity index is 0.00000176. The van der Waals surface area contributed by atoms with Gasteiger partial charge in [-0.15, -0.1) is 0 Å². The summed E-state index contributed by atoms with van der Waals surface area (Å²) >= 11 is 5.47. The predicted molar refractivity (Wildman–Crippen MR) is 92.7 cm³/mol. The molecule has 0 fully saturated rings. The van der Waals surface area contributed by atoms with Gasteiger partial charge in [-0.1, -0.05) is 48.5 Å². The van der Waals surface area contributed by atoms with Gasteiger partial charge in [0.2, 0.25) is 0 Å². The Morgan fingerprint density at radius 3 is 2.09 bits per heavy atom. The van der Waals surface area contributed by atoms with Crippen LogP contribution in [0.2, 0.25) is 0 Å². The van der Waals surface area contributed by atoms with Crippen LogP contribution in [-0.2, 0) is 30.0 Å². The fraction of sp³-hybridized carbons (Fsp3) is 0.105. The number of nitrogens with zero attached hydrogens (tertiary/aromatic N) is 1. The molecule has 0 atom stereocenters. The quantitative estimate of drug-likeness (QED) is 0.466. The number of rotatable bonds is 2. The van der Waals surface area contributed by atoms with Gasteiger partial charge in [-0.25, -0.2) is 0 Å². The Morgan fingerprint density at radius 1 is 0.864 bits per heavy atom. The molecule has 0 heterocycles. The van der Waals surface area contributed by atoms with Crippen LogP contribution in [0.1, 0.15) is 16.7 Å². The molecule has 1 nitrogen and oxygen atoms in total. The van der Waals surface area contributed by atoms with E-state index in [9.17, 15) is 0 Å². The number of hydrogen-bond acceptors (Lipinski definition) is 2. The molecular formula is C19H16CrNS-. The van der Waals surface area contributed by atoms with Gasteiger partial charge in [-0.2, -0.15) is 4.90 Å². The molecule has 110 valence electrons. The summed E-state index contributed by atoms with van der Waals surface area (Å²) in [6.45, 7) is 4.16. The smallest absolute Gasteiger partial charge is 0.0688 e. The first-order valence-electron chi connectivity index (χ1n) is 6.95. The van der Waals surface area contributed by atoms with Gasteiger partial charge in [-0.05, 0) is 47.4 Å². The summed E-state index contributed by atoms with van der Waals surface area (Å²) in [6, 6.07) is 18.6. The molecular weight excluding hydrogens is 326 g/mol. The fourth-order valence-corrected chi connectivity index (χ4v) is 2.72. The van der Waals surface area contributed by atoms with Gasteiger partial charge < -0.3 is 12.6 Å². The van der Waals surface area contributed by atoms with Crippen molar-refractivity contribution < 1.29 is 17.4 Å². The van der Waals surface area contributed by atoms with E-state index in [4.69, 9.17) is 12.6 Å². The minimum absolute atomic E-state index is 0. The average Bonchev–Trinajstić information content (AvgIpc) is 2.47. The van der Waals surface area contributed by atoms with Crippen molar-refractivity contribution in [2.75, 3.05) is 0 Å². The van der Waals surface area contributed by atoms with E-state index in [0.29, 0.717) is 0 Å². The molecule has 3 aromatic carbocycles. The Morgan fingerprint density at radius 2 is 1.45 bits per heavy atom. The topological polar surface area (TPSA) is 12.4 Å². The van der Waals surface area contributed by atoms with Gasteiger partial charge in [0.1, 0.15) is 0 Å². The zero-order valence-corrected chi connectivity index (χ0v) is 14.6. The summed E-state index contributed by atoms with van der Waals surface area (Å²) in [5.74, 6) is 0. The average molecular weight is 342 g/mol. The van der Waals surface area contributed by atoms with Gasteiger partial charge >= 0.3 is 0 Å². The van der Waals surface area contributed by atoms with Crippen LogP contribution in [0.15, 0.2) is 64.5 Å². The molecule has 0 bridgehead atoms. The number of benzene rings is 3. The van der Waals surface area contributed by atoms with Crippen molar-refractivity contribution in [3.63, 3.8) is 0 Å². The maximum atomic E-state index is 5.47. The first-order valence-corrected chi connectivity index (χ1v) is 7.36. The van der Waals surface area contributed by atoms with Crippen molar-refractivity contribution in [3.05, 3.63) is 71.3 Å². The van der Waals surface area contributed by atoms with Crippen LogP contribution >= 0.6 is 0 Å². The van der Waals surface area contributed by atoms with Crippen molar-refractivity contribution in [2.45, 2.75) is 18.7 Å². The molecule has 0 amide bonds. The first kappa shape index (κ1) is 16.7. The van der Waals surface area contributed by atoms with Gasteiger partial charge in [-0.3, -0.25) is 4.99 Å².